The predicted octanol–water partition coefficient (Wildman–Crippen LogP) is 1.76. The van der Waals surface area contributed by atoms with Gasteiger partial charge >= 0.3 is 0 Å². The summed E-state index contributed by atoms with van der Waals surface area (Å²) in [5.74, 6) is 2.66. The van der Waals surface area contributed by atoms with Crippen molar-refractivity contribution in [3.05, 3.63) is 0 Å². The summed E-state index contributed by atoms with van der Waals surface area (Å²) < 4.78 is 25.5. The van der Waals surface area contributed by atoms with Crippen molar-refractivity contribution >= 4 is 10.0 Å². The zero-order chi connectivity index (χ0) is 11.9. The highest BCUT2D eigenvalue weighted by Crippen LogP contribution is 2.18. The molecule has 0 aromatic heterocycles. The zero-order valence-corrected chi connectivity index (χ0v) is 10.7. The van der Waals surface area contributed by atoms with Crippen LogP contribution in [0, 0.1) is 17.8 Å². The molecule has 0 saturated carbocycles. The lowest BCUT2D eigenvalue weighted by atomic mass is 9.94. The molecular weight excluding hydrogens is 210 g/mol. The molecule has 0 fully saturated rings. The second-order valence-corrected chi connectivity index (χ2v) is 6.76. The van der Waals surface area contributed by atoms with E-state index in [2.05, 4.69) is 10.6 Å². The van der Waals surface area contributed by atoms with Crippen molar-refractivity contribution in [3.63, 3.8) is 0 Å². The van der Waals surface area contributed by atoms with Crippen molar-refractivity contribution in [2.24, 2.45) is 5.41 Å². The minimum Gasteiger partial charge on any atom is -0.215 e. The lowest BCUT2D eigenvalue weighted by molar-refractivity contribution is 0.396. The molecule has 0 heterocycles. The summed E-state index contributed by atoms with van der Waals surface area (Å²) in [4.78, 5) is 0. The van der Waals surface area contributed by atoms with E-state index in [1.165, 1.54) is 0 Å². The maximum atomic E-state index is 11.5. The number of nitrogens with one attached hydrogen (secondary N) is 1. The first kappa shape index (κ1) is 14.5. The van der Waals surface area contributed by atoms with Crippen LogP contribution in [0.4, 0.5) is 0 Å². The molecule has 0 bridgehead atoms. The first-order valence-electron chi connectivity index (χ1n) is 5.18. The Balaban J connectivity index is 3.84. The lowest BCUT2D eigenvalue weighted by Gasteiger charge is -2.17. The molecule has 4 heteroatoms. The van der Waals surface area contributed by atoms with Crippen LogP contribution in [0.5, 0.6) is 0 Å². The van der Waals surface area contributed by atoms with Crippen LogP contribution in [0.1, 0.15) is 40.0 Å². The van der Waals surface area contributed by atoms with Gasteiger partial charge in [0.1, 0.15) is 0 Å². The van der Waals surface area contributed by atoms with Crippen molar-refractivity contribution < 1.29 is 8.42 Å². The van der Waals surface area contributed by atoms with Gasteiger partial charge in [0, 0.05) is 13.0 Å². The van der Waals surface area contributed by atoms with Gasteiger partial charge in [-0.1, -0.05) is 20.8 Å². The summed E-state index contributed by atoms with van der Waals surface area (Å²) in [7, 11) is -3.11. The molecule has 1 N–H and O–H groups in total. The van der Waals surface area contributed by atoms with Crippen LogP contribution in [-0.4, -0.2) is 20.7 Å². The Kier molecular flexibility index (Phi) is 5.92. The van der Waals surface area contributed by atoms with E-state index in [9.17, 15) is 8.42 Å². The van der Waals surface area contributed by atoms with E-state index < -0.39 is 10.0 Å². The molecule has 0 aromatic carbocycles. The van der Waals surface area contributed by atoms with E-state index in [-0.39, 0.29) is 11.2 Å². The van der Waals surface area contributed by atoms with Crippen molar-refractivity contribution in [1.29, 1.82) is 0 Å². The van der Waals surface area contributed by atoms with Crippen LogP contribution in [-0.2, 0) is 10.0 Å². The minimum atomic E-state index is -3.11. The maximum absolute atomic E-state index is 11.5. The Labute approximate surface area is 93.7 Å². The quantitative estimate of drug-likeness (QED) is 0.559. The number of hydrogen-bond donors (Lipinski definition) is 1. The smallest absolute Gasteiger partial charge is 0.211 e. The fourth-order valence-electron chi connectivity index (χ4n) is 0.931. The number of rotatable bonds is 6. The molecule has 0 saturated heterocycles. The molecule has 0 radical (unpaired) electrons. The van der Waals surface area contributed by atoms with E-state index >= 15 is 0 Å². The molecule has 0 spiro atoms. The second kappa shape index (κ2) is 6.14. The van der Waals surface area contributed by atoms with Gasteiger partial charge in [0.2, 0.25) is 10.0 Å². The maximum Gasteiger partial charge on any atom is 0.211 e. The molecular formula is C11H21NO2S. The topological polar surface area (TPSA) is 46.2 Å². The van der Waals surface area contributed by atoms with Crippen molar-refractivity contribution in [2.45, 2.75) is 40.0 Å². The van der Waals surface area contributed by atoms with Crippen LogP contribution in [0.2, 0.25) is 0 Å². The molecule has 0 rings (SSSR count). The number of terminal acetylenes is 1. The fourth-order valence-corrected chi connectivity index (χ4v) is 2.41. The summed E-state index contributed by atoms with van der Waals surface area (Å²) in [6.45, 7) is 6.53. The van der Waals surface area contributed by atoms with Crippen LogP contribution in [0.15, 0.2) is 0 Å². The molecule has 3 nitrogen and oxygen atoms in total. The Bertz CT molecular complexity index is 306. The van der Waals surface area contributed by atoms with Gasteiger partial charge in [-0.2, -0.15) is 0 Å². The molecule has 0 atom stereocenters. The highest BCUT2D eigenvalue weighted by atomic mass is 32.2. The third kappa shape index (κ3) is 9.77. The molecule has 0 aromatic rings. The highest BCUT2D eigenvalue weighted by Gasteiger charge is 2.16. The van der Waals surface area contributed by atoms with Gasteiger partial charge in [-0.05, 0) is 18.3 Å². The Morgan fingerprint density at radius 3 is 2.40 bits per heavy atom. The van der Waals surface area contributed by atoms with E-state index in [1.807, 2.05) is 20.8 Å². The molecule has 0 aliphatic heterocycles. The van der Waals surface area contributed by atoms with Gasteiger partial charge in [-0.25, -0.2) is 13.1 Å². The van der Waals surface area contributed by atoms with Crippen LogP contribution in [0.3, 0.4) is 0 Å². The zero-order valence-electron chi connectivity index (χ0n) is 9.84. The molecule has 0 unspecified atom stereocenters. The molecule has 0 aliphatic rings. The highest BCUT2D eigenvalue weighted by molar-refractivity contribution is 7.89. The predicted molar refractivity (Wildman–Crippen MR) is 63.9 cm³/mol. The van der Waals surface area contributed by atoms with Gasteiger partial charge in [0.15, 0.2) is 0 Å². The van der Waals surface area contributed by atoms with E-state index in [0.717, 1.165) is 0 Å². The van der Waals surface area contributed by atoms with Gasteiger partial charge < -0.3 is 0 Å². The Hall–Kier alpha value is -0.530. The minimum absolute atomic E-state index is 0.0492. The van der Waals surface area contributed by atoms with Crippen molar-refractivity contribution in [2.75, 3.05) is 12.3 Å². The lowest BCUT2D eigenvalue weighted by Crippen LogP contribution is -2.29. The van der Waals surface area contributed by atoms with E-state index in [0.29, 0.717) is 25.8 Å². The first-order valence-corrected chi connectivity index (χ1v) is 6.83. The summed E-state index contributed by atoms with van der Waals surface area (Å²) in [5.41, 5.74) is 0.0492. The van der Waals surface area contributed by atoms with Gasteiger partial charge in [-0.15, -0.1) is 12.3 Å². The number of hydrogen-bond acceptors (Lipinski definition) is 2. The molecule has 0 amide bonds. The largest absolute Gasteiger partial charge is 0.215 e. The van der Waals surface area contributed by atoms with E-state index in [4.69, 9.17) is 6.42 Å². The molecule has 88 valence electrons. The summed E-state index contributed by atoms with van der Waals surface area (Å²) in [6, 6.07) is 0. The SMILES string of the molecule is C#CCCCNS(=O)(=O)CCC(C)(C)C. The average Bonchev–Trinajstić information content (AvgIpc) is 2.09. The Morgan fingerprint density at radius 2 is 1.93 bits per heavy atom. The van der Waals surface area contributed by atoms with E-state index in [1.54, 1.807) is 0 Å². The Morgan fingerprint density at radius 1 is 1.33 bits per heavy atom. The van der Waals surface area contributed by atoms with Crippen LogP contribution < -0.4 is 4.72 Å². The average molecular weight is 231 g/mol. The third-order valence-corrected chi connectivity index (χ3v) is 3.33. The number of unbranched alkanes of at least 4 members (excludes halogenated alkanes) is 1. The first-order chi connectivity index (χ1) is 6.77. The van der Waals surface area contributed by atoms with Crippen LogP contribution >= 0.6 is 0 Å². The van der Waals surface area contributed by atoms with Gasteiger partial charge in [0.05, 0.1) is 5.75 Å². The fraction of sp³-hybridized carbons (Fsp3) is 0.818. The summed E-state index contributed by atoms with van der Waals surface area (Å²) in [5, 5.41) is 0. The van der Waals surface area contributed by atoms with Crippen molar-refractivity contribution in [1.82, 2.24) is 4.72 Å². The van der Waals surface area contributed by atoms with Crippen LogP contribution in [0.25, 0.3) is 0 Å². The molecule has 0 aliphatic carbocycles. The second-order valence-electron chi connectivity index (χ2n) is 4.83. The van der Waals surface area contributed by atoms with Gasteiger partial charge in [-0.3, -0.25) is 0 Å². The standard InChI is InChI=1S/C11H21NO2S/c1-5-6-7-9-12-15(13,14)10-8-11(2,3)4/h1,12H,6-10H2,2-4H3. The number of sulfonamides is 1. The van der Waals surface area contributed by atoms with Gasteiger partial charge in [0.25, 0.3) is 0 Å². The molecule has 15 heavy (non-hydrogen) atoms. The van der Waals surface area contributed by atoms with Crippen molar-refractivity contribution in [3.8, 4) is 12.3 Å². The summed E-state index contributed by atoms with van der Waals surface area (Å²) in [6.07, 6.45) is 7.04. The normalized spacial score (nSPS) is 12.4. The summed E-state index contributed by atoms with van der Waals surface area (Å²) >= 11 is 0. The third-order valence-electron chi connectivity index (χ3n) is 1.94. The monoisotopic (exact) mass is 231 g/mol.